The van der Waals surface area contributed by atoms with Crippen LogP contribution in [0.4, 0.5) is 0 Å². The summed E-state index contributed by atoms with van der Waals surface area (Å²) in [5.74, 6) is 5.82. The van der Waals surface area contributed by atoms with Crippen LogP contribution in [-0.2, 0) is 0 Å². The van der Waals surface area contributed by atoms with Crippen molar-refractivity contribution >= 4 is 0 Å². The van der Waals surface area contributed by atoms with Gasteiger partial charge >= 0.3 is 0 Å². The summed E-state index contributed by atoms with van der Waals surface area (Å²) in [4.78, 5) is 0. The molecule has 1 N–H and O–H groups in total. The van der Waals surface area contributed by atoms with Crippen molar-refractivity contribution in [3.8, 4) is 11.8 Å². The normalized spacial score (nSPS) is 11.3. The molecule has 0 aliphatic carbocycles. The Labute approximate surface area is 97.8 Å². The molecule has 1 aromatic carbocycles. The molecule has 84 valence electrons. The Balaban J connectivity index is 2.31. The fourth-order valence-electron chi connectivity index (χ4n) is 1.39. The largest absolute Gasteiger partial charge is 0.380 e. The summed E-state index contributed by atoms with van der Waals surface area (Å²) >= 11 is 0. The number of hydrogen-bond donors (Lipinski definition) is 1. The Hall–Kier alpha value is -1.52. The summed E-state index contributed by atoms with van der Waals surface area (Å²) < 4.78 is 0. The monoisotopic (exact) mass is 214 g/mol. The first-order valence-electron chi connectivity index (χ1n) is 5.68. The third-order valence-corrected chi connectivity index (χ3v) is 2.29. The standard InChI is InChI=1S/C15H18O/c1-2-3-4-8-11-15(16)13-12-14-9-6-5-7-10-14/h2,5-7,9-10,15-16H,1,3-4,8,11H2. The summed E-state index contributed by atoms with van der Waals surface area (Å²) in [5.41, 5.74) is 0.952. The van der Waals surface area contributed by atoms with Crippen LogP contribution in [-0.4, -0.2) is 11.2 Å². The van der Waals surface area contributed by atoms with E-state index in [-0.39, 0.29) is 0 Å². The van der Waals surface area contributed by atoms with Crippen molar-refractivity contribution in [1.29, 1.82) is 0 Å². The lowest BCUT2D eigenvalue weighted by molar-refractivity contribution is 0.218. The molecule has 0 heterocycles. The maximum Gasteiger partial charge on any atom is 0.115 e. The number of aliphatic hydroxyl groups excluding tert-OH is 1. The van der Waals surface area contributed by atoms with Gasteiger partial charge in [0.1, 0.15) is 6.10 Å². The third kappa shape index (κ3) is 5.38. The Kier molecular flexibility index (Phi) is 6.06. The van der Waals surface area contributed by atoms with Crippen molar-refractivity contribution in [1.82, 2.24) is 0 Å². The van der Waals surface area contributed by atoms with Gasteiger partial charge in [-0.3, -0.25) is 0 Å². The smallest absolute Gasteiger partial charge is 0.115 e. The Morgan fingerprint density at radius 3 is 2.69 bits per heavy atom. The Bertz CT molecular complexity index is 356. The second kappa shape index (κ2) is 7.73. The molecule has 1 aromatic rings. The van der Waals surface area contributed by atoms with Gasteiger partial charge in [-0.15, -0.1) is 6.58 Å². The second-order valence-corrected chi connectivity index (χ2v) is 3.72. The lowest BCUT2D eigenvalue weighted by Crippen LogP contribution is -2.02. The molecule has 0 aromatic heterocycles. The van der Waals surface area contributed by atoms with E-state index in [4.69, 9.17) is 0 Å². The number of rotatable bonds is 5. The summed E-state index contributed by atoms with van der Waals surface area (Å²) in [6.07, 6.45) is 5.23. The minimum atomic E-state index is -0.509. The van der Waals surface area contributed by atoms with Gasteiger partial charge in [0, 0.05) is 5.56 Å². The summed E-state index contributed by atoms with van der Waals surface area (Å²) in [7, 11) is 0. The van der Waals surface area contributed by atoms with E-state index < -0.39 is 6.10 Å². The van der Waals surface area contributed by atoms with Crippen molar-refractivity contribution in [3.63, 3.8) is 0 Å². The van der Waals surface area contributed by atoms with Crippen molar-refractivity contribution in [3.05, 3.63) is 48.6 Å². The van der Waals surface area contributed by atoms with Gasteiger partial charge in [0.2, 0.25) is 0 Å². The molecular formula is C15H18O. The molecule has 16 heavy (non-hydrogen) atoms. The molecule has 0 spiro atoms. The van der Waals surface area contributed by atoms with Crippen LogP contribution in [0.5, 0.6) is 0 Å². The van der Waals surface area contributed by atoms with Crippen LogP contribution < -0.4 is 0 Å². The predicted molar refractivity (Wildman–Crippen MR) is 68.0 cm³/mol. The highest BCUT2D eigenvalue weighted by molar-refractivity contribution is 5.34. The molecule has 1 rings (SSSR count). The highest BCUT2D eigenvalue weighted by atomic mass is 16.3. The van der Waals surface area contributed by atoms with Gasteiger partial charge in [0.05, 0.1) is 0 Å². The molecule has 1 heteroatoms. The Morgan fingerprint density at radius 1 is 1.25 bits per heavy atom. The topological polar surface area (TPSA) is 20.2 Å². The number of unbranched alkanes of at least 4 members (excludes halogenated alkanes) is 2. The molecule has 1 unspecified atom stereocenters. The SMILES string of the molecule is C=CCCCCC(O)C#Cc1ccccc1. The molecular weight excluding hydrogens is 196 g/mol. The van der Waals surface area contributed by atoms with E-state index >= 15 is 0 Å². The third-order valence-electron chi connectivity index (χ3n) is 2.29. The molecule has 0 fully saturated rings. The number of allylic oxidation sites excluding steroid dienone is 1. The van der Waals surface area contributed by atoms with Crippen molar-refractivity contribution in [2.75, 3.05) is 0 Å². The van der Waals surface area contributed by atoms with Gasteiger partial charge in [0.25, 0.3) is 0 Å². The first kappa shape index (κ1) is 12.5. The van der Waals surface area contributed by atoms with Crippen LogP contribution in [0.1, 0.15) is 31.2 Å². The zero-order valence-corrected chi connectivity index (χ0v) is 9.52. The van der Waals surface area contributed by atoms with Crippen LogP contribution in [0.2, 0.25) is 0 Å². The summed E-state index contributed by atoms with van der Waals surface area (Å²) in [6, 6.07) is 9.73. The lowest BCUT2D eigenvalue weighted by atomic mass is 10.1. The van der Waals surface area contributed by atoms with Crippen LogP contribution in [0.3, 0.4) is 0 Å². The molecule has 0 saturated heterocycles. The zero-order valence-electron chi connectivity index (χ0n) is 9.52. The van der Waals surface area contributed by atoms with E-state index in [1.165, 1.54) is 0 Å². The number of hydrogen-bond acceptors (Lipinski definition) is 1. The highest BCUT2D eigenvalue weighted by Gasteiger charge is 1.97. The molecule has 1 atom stereocenters. The number of aliphatic hydroxyl groups is 1. The second-order valence-electron chi connectivity index (χ2n) is 3.72. The van der Waals surface area contributed by atoms with Crippen molar-refractivity contribution < 1.29 is 5.11 Å². The number of benzene rings is 1. The summed E-state index contributed by atoms with van der Waals surface area (Å²) in [6.45, 7) is 3.66. The summed E-state index contributed by atoms with van der Waals surface area (Å²) in [5, 5.41) is 9.61. The average Bonchev–Trinajstić information content (AvgIpc) is 2.33. The first-order chi connectivity index (χ1) is 7.83. The van der Waals surface area contributed by atoms with Crippen LogP contribution in [0.15, 0.2) is 43.0 Å². The molecule has 0 amide bonds. The molecule has 0 saturated carbocycles. The van der Waals surface area contributed by atoms with Gasteiger partial charge in [-0.05, 0) is 37.8 Å². The zero-order chi connectivity index (χ0) is 11.6. The van der Waals surface area contributed by atoms with Crippen LogP contribution >= 0.6 is 0 Å². The average molecular weight is 214 g/mol. The first-order valence-corrected chi connectivity index (χ1v) is 5.68. The minimum Gasteiger partial charge on any atom is -0.380 e. The highest BCUT2D eigenvalue weighted by Crippen LogP contribution is 2.03. The van der Waals surface area contributed by atoms with Gasteiger partial charge in [-0.2, -0.15) is 0 Å². The van der Waals surface area contributed by atoms with E-state index in [1.807, 2.05) is 36.4 Å². The van der Waals surface area contributed by atoms with Crippen molar-refractivity contribution in [2.24, 2.45) is 0 Å². The van der Waals surface area contributed by atoms with E-state index in [2.05, 4.69) is 18.4 Å². The van der Waals surface area contributed by atoms with E-state index in [0.29, 0.717) is 0 Å². The molecule has 0 aliphatic heterocycles. The molecule has 0 bridgehead atoms. The maximum absolute atomic E-state index is 9.61. The van der Waals surface area contributed by atoms with E-state index in [9.17, 15) is 5.11 Å². The predicted octanol–water partition coefficient (Wildman–Crippen LogP) is 3.15. The molecule has 0 radical (unpaired) electrons. The van der Waals surface area contributed by atoms with Gasteiger partial charge in [-0.25, -0.2) is 0 Å². The fraction of sp³-hybridized carbons (Fsp3) is 0.333. The maximum atomic E-state index is 9.61. The van der Waals surface area contributed by atoms with Gasteiger partial charge < -0.3 is 5.11 Å². The van der Waals surface area contributed by atoms with Gasteiger partial charge in [-0.1, -0.05) is 36.1 Å². The van der Waals surface area contributed by atoms with E-state index in [0.717, 1.165) is 31.2 Å². The quantitative estimate of drug-likeness (QED) is 0.453. The Morgan fingerprint density at radius 2 is 2.00 bits per heavy atom. The lowest BCUT2D eigenvalue weighted by Gasteiger charge is -2.01. The molecule has 1 nitrogen and oxygen atoms in total. The minimum absolute atomic E-state index is 0.509. The van der Waals surface area contributed by atoms with Crippen LogP contribution in [0.25, 0.3) is 0 Å². The molecule has 0 aliphatic rings. The van der Waals surface area contributed by atoms with Crippen LogP contribution in [0, 0.1) is 11.8 Å². The van der Waals surface area contributed by atoms with E-state index in [1.54, 1.807) is 0 Å². The van der Waals surface area contributed by atoms with Crippen molar-refractivity contribution in [2.45, 2.75) is 31.8 Å². The van der Waals surface area contributed by atoms with Gasteiger partial charge in [0.15, 0.2) is 0 Å². The fourth-order valence-corrected chi connectivity index (χ4v) is 1.39.